The first kappa shape index (κ1) is 9.28. The first-order valence-electron chi connectivity index (χ1n) is 5.52. The Kier molecular flexibility index (Phi) is 2.07. The Labute approximate surface area is 95.0 Å². The second-order valence-electron chi connectivity index (χ2n) is 4.11. The van der Waals surface area contributed by atoms with E-state index in [1.54, 1.807) is 0 Å². The summed E-state index contributed by atoms with van der Waals surface area (Å²) in [6.45, 7) is 4.71. The highest BCUT2D eigenvalue weighted by Gasteiger charge is 2.14. The number of benzene rings is 2. The van der Waals surface area contributed by atoms with Crippen molar-refractivity contribution < 1.29 is 0 Å². The molecule has 1 unspecified atom stereocenters. The summed E-state index contributed by atoms with van der Waals surface area (Å²) in [4.78, 5) is 0. The molecule has 3 rings (SSSR count). The van der Waals surface area contributed by atoms with Crippen molar-refractivity contribution in [3.8, 4) is 0 Å². The van der Waals surface area contributed by atoms with Gasteiger partial charge >= 0.3 is 0 Å². The van der Waals surface area contributed by atoms with Gasteiger partial charge in [-0.2, -0.15) is 0 Å². The molecule has 1 aliphatic rings. The lowest BCUT2D eigenvalue weighted by molar-refractivity contribution is 0.896. The number of fused-ring (bicyclic) bond motifs is 2. The molecule has 0 saturated carbocycles. The van der Waals surface area contributed by atoms with Gasteiger partial charge in [0.15, 0.2) is 0 Å². The molecule has 0 bridgehead atoms. The van der Waals surface area contributed by atoms with Crippen molar-refractivity contribution in [1.29, 1.82) is 0 Å². The maximum atomic E-state index is 3.82. The zero-order chi connectivity index (χ0) is 11.0. The van der Waals surface area contributed by atoms with Crippen molar-refractivity contribution in [3.05, 3.63) is 49.1 Å². The highest BCUT2D eigenvalue weighted by atomic mass is 15.1. The Morgan fingerprint density at radius 1 is 1.12 bits per heavy atom. The second-order valence-corrected chi connectivity index (χ2v) is 4.11. The van der Waals surface area contributed by atoms with Crippen molar-refractivity contribution in [3.63, 3.8) is 0 Å². The predicted octanol–water partition coefficient (Wildman–Crippen LogP) is 3.23. The molecule has 0 fully saturated rings. The lowest BCUT2D eigenvalue weighted by Gasteiger charge is -2.26. The molecular weight excluding hydrogens is 196 g/mol. The summed E-state index contributed by atoms with van der Waals surface area (Å²) in [5, 5.41) is 9.42. The normalized spacial score (nSPS) is 18.4. The molecule has 1 heterocycles. The second kappa shape index (κ2) is 3.56. The highest BCUT2D eigenvalue weighted by molar-refractivity contribution is 5.92. The standard InChI is InChI=1S/C14H14N2/c1-2-12-9-15-13-7-10-5-3-4-6-11(10)8-14(13)16-12/h2-8,12,15-16H,1,9H2. The molecule has 0 spiro atoms. The third-order valence-corrected chi connectivity index (χ3v) is 3.02. The molecule has 0 radical (unpaired) electrons. The number of hydrogen-bond acceptors (Lipinski definition) is 2. The van der Waals surface area contributed by atoms with E-state index in [4.69, 9.17) is 0 Å². The average Bonchev–Trinajstić information content (AvgIpc) is 2.35. The summed E-state index contributed by atoms with van der Waals surface area (Å²) < 4.78 is 0. The lowest BCUT2D eigenvalue weighted by Crippen LogP contribution is -2.30. The van der Waals surface area contributed by atoms with E-state index in [-0.39, 0.29) is 0 Å². The van der Waals surface area contributed by atoms with Gasteiger partial charge in [0.05, 0.1) is 17.4 Å². The summed E-state index contributed by atoms with van der Waals surface area (Å²) in [5.74, 6) is 0. The summed E-state index contributed by atoms with van der Waals surface area (Å²) in [7, 11) is 0. The maximum Gasteiger partial charge on any atom is 0.0615 e. The molecule has 2 aromatic carbocycles. The van der Waals surface area contributed by atoms with Crippen LogP contribution in [0.25, 0.3) is 10.8 Å². The van der Waals surface area contributed by atoms with Gasteiger partial charge < -0.3 is 10.6 Å². The van der Waals surface area contributed by atoms with Crippen LogP contribution in [0.1, 0.15) is 0 Å². The van der Waals surface area contributed by atoms with Crippen LogP contribution in [0.4, 0.5) is 11.4 Å². The largest absolute Gasteiger partial charge is 0.381 e. The molecule has 2 heteroatoms. The minimum Gasteiger partial charge on any atom is -0.381 e. The van der Waals surface area contributed by atoms with Crippen LogP contribution in [0.5, 0.6) is 0 Å². The van der Waals surface area contributed by atoms with Gasteiger partial charge in [-0.3, -0.25) is 0 Å². The molecule has 0 amide bonds. The van der Waals surface area contributed by atoms with Crippen molar-refractivity contribution in [1.82, 2.24) is 0 Å². The number of hydrogen-bond donors (Lipinski definition) is 2. The van der Waals surface area contributed by atoms with Crippen LogP contribution in [0.3, 0.4) is 0 Å². The van der Waals surface area contributed by atoms with Crippen LogP contribution in [-0.4, -0.2) is 12.6 Å². The van der Waals surface area contributed by atoms with E-state index in [2.05, 4.69) is 53.6 Å². The summed E-state index contributed by atoms with van der Waals surface area (Å²) >= 11 is 0. The maximum absolute atomic E-state index is 3.82. The third kappa shape index (κ3) is 1.43. The van der Waals surface area contributed by atoms with Gasteiger partial charge in [0.1, 0.15) is 0 Å². The quantitative estimate of drug-likeness (QED) is 0.706. The smallest absolute Gasteiger partial charge is 0.0615 e. The lowest BCUT2D eigenvalue weighted by atomic mass is 10.1. The Balaban J connectivity index is 2.13. The monoisotopic (exact) mass is 210 g/mol. The van der Waals surface area contributed by atoms with Gasteiger partial charge in [-0.15, -0.1) is 6.58 Å². The van der Waals surface area contributed by atoms with E-state index in [0.29, 0.717) is 6.04 Å². The molecule has 16 heavy (non-hydrogen) atoms. The zero-order valence-corrected chi connectivity index (χ0v) is 9.03. The molecule has 0 saturated heterocycles. The molecule has 2 nitrogen and oxygen atoms in total. The fourth-order valence-electron chi connectivity index (χ4n) is 2.12. The highest BCUT2D eigenvalue weighted by Crippen LogP contribution is 2.31. The van der Waals surface area contributed by atoms with Crippen LogP contribution in [0.2, 0.25) is 0 Å². The zero-order valence-electron chi connectivity index (χ0n) is 9.03. The van der Waals surface area contributed by atoms with Gasteiger partial charge in [0, 0.05) is 6.54 Å². The van der Waals surface area contributed by atoms with Crippen LogP contribution in [0, 0.1) is 0 Å². The van der Waals surface area contributed by atoms with Crippen molar-refractivity contribution >= 4 is 22.1 Å². The third-order valence-electron chi connectivity index (χ3n) is 3.02. The SMILES string of the molecule is C=CC1CNc2cc3ccccc3cc2N1. The Hall–Kier alpha value is -1.96. The molecule has 1 atom stereocenters. The number of anilines is 2. The molecule has 0 aliphatic carbocycles. The topological polar surface area (TPSA) is 24.1 Å². The van der Waals surface area contributed by atoms with E-state index < -0.39 is 0 Å². The van der Waals surface area contributed by atoms with E-state index in [9.17, 15) is 0 Å². The van der Waals surface area contributed by atoms with Crippen LogP contribution in [0.15, 0.2) is 49.1 Å². The molecule has 2 N–H and O–H groups in total. The fraction of sp³-hybridized carbons (Fsp3) is 0.143. The number of rotatable bonds is 1. The van der Waals surface area contributed by atoms with Crippen molar-refractivity contribution in [2.75, 3.05) is 17.2 Å². The average molecular weight is 210 g/mol. The van der Waals surface area contributed by atoms with Gasteiger partial charge in [0.25, 0.3) is 0 Å². The molecule has 1 aliphatic heterocycles. The van der Waals surface area contributed by atoms with E-state index >= 15 is 0 Å². The Bertz CT molecular complexity index is 545. The Morgan fingerprint density at radius 3 is 2.50 bits per heavy atom. The van der Waals surface area contributed by atoms with E-state index in [0.717, 1.165) is 12.2 Å². The summed E-state index contributed by atoms with van der Waals surface area (Å²) in [5.41, 5.74) is 2.34. The van der Waals surface area contributed by atoms with Crippen LogP contribution >= 0.6 is 0 Å². The molecule has 0 aromatic heterocycles. The number of nitrogens with one attached hydrogen (secondary N) is 2. The summed E-state index contributed by atoms with van der Waals surface area (Å²) in [6, 6.07) is 13.1. The van der Waals surface area contributed by atoms with Crippen LogP contribution in [-0.2, 0) is 0 Å². The van der Waals surface area contributed by atoms with Crippen molar-refractivity contribution in [2.45, 2.75) is 6.04 Å². The van der Waals surface area contributed by atoms with Gasteiger partial charge in [-0.1, -0.05) is 30.3 Å². The first-order chi connectivity index (χ1) is 7.86. The van der Waals surface area contributed by atoms with Crippen molar-refractivity contribution in [2.24, 2.45) is 0 Å². The minimum absolute atomic E-state index is 0.314. The fourth-order valence-corrected chi connectivity index (χ4v) is 2.12. The molecular formula is C14H14N2. The first-order valence-corrected chi connectivity index (χ1v) is 5.52. The van der Waals surface area contributed by atoms with Gasteiger partial charge in [0.2, 0.25) is 0 Å². The van der Waals surface area contributed by atoms with Gasteiger partial charge in [-0.05, 0) is 22.9 Å². The predicted molar refractivity (Wildman–Crippen MR) is 70.0 cm³/mol. The van der Waals surface area contributed by atoms with E-state index in [1.165, 1.54) is 16.5 Å². The van der Waals surface area contributed by atoms with Gasteiger partial charge in [-0.25, -0.2) is 0 Å². The molecule has 80 valence electrons. The van der Waals surface area contributed by atoms with E-state index in [1.807, 2.05) is 6.08 Å². The molecule has 2 aromatic rings. The summed E-state index contributed by atoms with van der Waals surface area (Å²) in [6.07, 6.45) is 1.94. The minimum atomic E-state index is 0.314. The Morgan fingerprint density at radius 2 is 1.81 bits per heavy atom. The van der Waals surface area contributed by atoms with Crippen LogP contribution < -0.4 is 10.6 Å².